The van der Waals surface area contributed by atoms with Crippen LogP contribution in [0.25, 0.3) is 20.8 Å². The van der Waals surface area contributed by atoms with E-state index in [1.54, 1.807) is 11.3 Å². The average Bonchev–Trinajstić information content (AvgIpc) is 2.81. The number of rotatable bonds is 2. The lowest BCUT2D eigenvalue weighted by molar-refractivity contribution is 1.47. The third-order valence-corrected chi connectivity index (χ3v) is 3.96. The maximum atomic E-state index is 5.79. The van der Waals surface area contributed by atoms with Crippen molar-refractivity contribution in [2.45, 2.75) is 0 Å². The van der Waals surface area contributed by atoms with Crippen molar-refractivity contribution in [1.29, 1.82) is 0 Å². The fourth-order valence-corrected chi connectivity index (χ4v) is 3.07. The molecule has 0 saturated carbocycles. The SMILES string of the molecule is NC(=S)Nc1cccc(-c2nc3ccc(N)cc3s2)c1. The Kier molecular flexibility index (Phi) is 3.25. The lowest BCUT2D eigenvalue weighted by atomic mass is 10.2. The number of nitrogens with two attached hydrogens (primary N) is 2. The molecule has 1 aromatic heterocycles. The molecule has 0 unspecified atom stereocenters. The number of fused-ring (bicyclic) bond motifs is 1. The zero-order valence-corrected chi connectivity index (χ0v) is 12.1. The number of hydrogen-bond donors (Lipinski definition) is 3. The van der Waals surface area contributed by atoms with E-state index in [9.17, 15) is 0 Å². The van der Waals surface area contributed by atoms with E-state index in [2.05, 4.69) is 10.3 Å². The predicted octanol–water partition coefficient (Wildman–Crippen LogP) is 3.20. The van der Waals surface area contributed by atoms with Gasteiger partial charge in [-0.05, 0) is 42.5 Å². The Morgan fingerprint density at radius 2 is 2.05 bits per heavy atom. The van der Waals surface area contributed by atoms with Gasteiger partial charge in [-0.3, -0.25) is 0 Å². The molecule has 0 bridgehead atoms. The number of thiazole rings is 1. The molecular weight excluding hydrogens is 288 g/mol. The molecule has 5 N–H and O–H groups in total. The molecule has 3 rings (SSSR count). The second kappa shape index (κ2) is 5.07. The van der Waals surface area contributed by atoms with Crippen molar-refractivity contribution in [1.82, 2.24) is 4.98 Å². The normalized spacial score (nSPS) is 10.6. The molecule has 0 aliphatic heterocycles. The van der Waals surface area contributed by atoms with Crippen LogP contribution in [-0.4, -0.2) is 10.1 Å². The highest BCUT2D eigenvalue weighted by molar-refractivity contribution is 7.80. The number of anilines is 2. The minimum Gasteiger partial charge on any atom is -0.399 e. The number of nitrogens with one attached hydrogen (secondary N) is 1. The molecule has 20 heavy (non-hydrogen) atoms. The summed E-state index contributed by atoms with van der Waals surface area (Å²) in [5.41, 5.74) is 14.8. The van der Waals surface area contributed by atoms with Gasteiger partial charge in [-0.1, -0.05) is 12.1 Å². The van der Waals surface area contributed by atoms with Crippen LogP contribution in [0.5, 0.6) is 0 Å². The van der Waals surface area contributed by atoms with Crippen LogP contribution in [0.3, 0.4) is 0 Å². The van der Waals surface area contributed by atoms with Crippen molar-refractivity contribution < 1.29 is 0 Å². The maximum absolute atomic E-state index is 5.79. The highest BCUT2D eigenvalue weighted by Crippen LogP contribution is 2.32. The van der Waals surface area contributed by atoms with Gasteiger partial charge in [0.2, 0.25) is 0 Å². The van der Waals surface area contributed by atoms with Crippen molar-refractivity contribution in [2.24, 2.45) is 5.73 Å². The van der Waals surface area contributed by atoms with Crippen LogP contribution in [0, 0.1) is 0 Å². The van der Waals surface area contributed by atoms with Gasteiger partial charge >= 0.3 is 0 Å². The fraction of sp³-hybridized carbons (Fsp3) is 0. The van der Waals surface area contributed by atoms with Gasteiger partial charge < -0.3 is 16.8 Å². The van der Waals surface area contributed by atoms with Crippen molar-refractivity contribution >= 4 is 50.3 Å². The van der Waals surface area contributed by atoms with Gasteiger partial charge in [0, 0.05) is 16.9 Å². The Bertz CT molecular complexity index is 795. The number of hydrogen-bond acceptors (Lipinski definition) is 4. The van der Waals surface area contributed by atoms with E-state index >= 15 is 0 Å². The van der Waals surface area contributed by atoms with E-state index in [-0.39, 0.29) is 5.11 Å². The highest BCUT2D eigenvalue weighted by atomic mass is 32.1. The highest BCUT2D eigenvalue weighted by Gasteiger charge is 2.07. The molecule has 0 spiro atoms. The first-order valence-corrected chi connectivity index (χ1v) is 7.17. The van der Waals surface area contributed by atoms with Crippen molar-refractivity contribution in [3.05, 3.63) is 42.5 Å². The molecule has 0 amide bonds. The summed E-state index contributed by atoms with van der Waals surface area (Å²) < 4.78 is 1.08. The van der Waals surface area contributed by atoms with Gasteiger partial charge in [-0.2, -0.15) is 0 Å². The number of nitrogen functional groups attached to an aromatic ring is 1. The molecule has 1 heterocycles. The summed E-state index contributed by atoms with van der Waals surface area (Å²) in [4.78, 5) is 4.62. The molecule has 4 nitrogen and oxygen atoms in total. The van der Waals surface area contributed by atoms with E-state index in [4.69, 9.17) is 23.7 Å². The summed E-state index contributed by atoms with van der Waals surface area (Å²) in [6.45, 7) is 0. The van der Waals surface area contributed by atoms with Crippen LogP contribution in [0.2, 0.25) is 0 Å². The topological polar surface area (TPSA) is 77.0 Å². The van der Waals surface area contributed by atoms with Crippen LogP contribution in [-0.2, 0) is 0 Å². The monoisotopic (exact) mass is 300 g/mol. The lowest BCUT2D eigenvalue weighted by Gasteiger charge is -2.04. The van der Waals surface area contributed by atoms with Gasteiger partial charge in [-0.15, -0.1) is 11.3 Å². The largest absolute Gasteiger partial charge is 0.399 e. The summed E-state index contributed by atoms with van der Waals surface area (Å²) in [5, 5.41) is 4.12. The maximum Gasteiger partial charge on any atom is 0.168 e. The molecule has 0 aliphatic rings. The Morgan fingerprint density at radius 3 is 2.85 bits per heavy atom. The first kappa shape index (κ1) is 12.8. The minimum absolute atomic E-state index is 0.249. The van der Waals surface area contributed by atoms with Crippen molar-refractivity contribution in [3.8, 4) is 10.6 Å². The number of nitrogens with zero attached hydrogens (tertiary/aromatic N) is 1. The van der Waals surface area contributed by atoms with Crippen LogP contribution in [0.4, 0.5) is 11.4 Å². The Hall–Kier alpha value is -2.18. The molecule has 0 radical (unpaired) electrons. The summed E-state index contributed by atoms with van der Waals surface area (Å²) >= 11 is 6.45. The molecule has 3 aromatic rings. The zero-order chi connectivity index (χ0) is 14.1. The molecule has 0 atom stereocenters. The summed E-state index contributed by atoms with van der Waals surface area (Å²) in [5.74, 6) is 0. The minimum atomic E-state index is 0.249. The van der Waals surface area contributed by atoms with E-state index in [0.29, 0.717) is 0 Å². The third-order valence-electron chi connectivity index (χ3n) is 2.79. The molecule has 6 heteroatoms. The van der Waals surface area contributed by atoms with Crippen LogP contribution < -0.4 is 16.8 Å². The predicted molar refractivity (Wildman–Crippen MR) is 89.9 cm³/mol. The van der Waals surface area contributed by atoms with Gasteiger partial charge in [-0.25, -0.2) is 4.98 Å². The first-order chi connectivity index (χ1) is 9.61. The third kappa shape index (κ3) is 2.56. The number of thiocarbonyl (C=S) groups is 1. The Balaban J connectivity index is 2.03. The van der Waals surface area contributed by atoms with Crippen molar-refractivity contribution in [3.63, 3.8) is 0 Å². The summed E-state index contributed by atoms with van der Waals surface area (Å²) in [7, 11) is 0. The quantitative estimate of drug-likeness (QED) is 0.500. The van der Waals surface area contributed by atoms with Gasteiger partial charge in [0.25, 0.3) is 0 Å². The standard InChI is InChI=1S/C14H12N4S2/c15-9-4-5-11-12(7-9)20-13(18-11)8-2-1-3-10(6-8)17-14(16)19/h1-7H,15H2,(H3,16,17,19). The zero-order valence-electron chi connectivity index (χ0n) is 10.5. The number of aromatic nitrogens is 1. The molecule has 100 valence electrons. The number of benzene rings is 2. The van der Waals surface area contributed by atoms with Gasteiger partial charge in [0.1, 0.15) is 5.01 Å². The van der Waals surface area contributed by atoms with Crippen LogP contribution in [0.1, 0.15) is 0 Å². The molecule has 0 aliphatic carbocycles. The van der Waals surface area contributed by atoms with E-state index in [1.165, 1.54) is 0 Å². The second-order valence-electron chi connectivity index (χ2n) is 4.32. The van der Waals surface area contributed by atoms with Gasteiger partial charge in [0.05, 0.1) is 10.2 Å². The first-order valence-electron chi connectivity index (χ1n) is 5.95. The van der Waals surface area contributed by atoms with E-state index in [0.717, 1.165) is 32.2 Å². The van der Waals surface area contributed by atoms with Crippen LogP contribution >= 0.6 is 23.6 Å². The average molecular weight is 300 g/mol. The summed E-state index contributed by atoms with van der Waals surface area (Å²) in [6.07, 6.45) is 0. The Labute approximate surface area is 125 Å². The smallest absolute Gasteiger partial charge is 0.168 e. The van der Waals surface area contributed by atoms with E-state index < -0.39 is 0 Å². The van der Waals surface area contributed by atoms with Crippen LogP contribution in [0.15, 0.2) is 42.5 Å². The molecule has 2 aromatic carbocycles. The summed E-state index contributed by atoms with van der Waals surface area (Å²) in [6, 6.07) is 13.6. The van der Waals surface area contributed by atoms with Crippen molar-refractivity contribution in [2.75, 3.05) is 11.1 Å². The van der Waals surface area contributed by atoms with E-state index in [1.807, 2.05) is 42.5 Å². The lowest BCUT2D eigenvalue weighted by Crippen LogP contribution is -2.18. The Morgan fingerprint density at radius 1 is 1.20 bits per heavy atom. The molecular formula is C14H12N4S2. The van der Waals surface area contributed by atoms with Gasteiger partial charge in [0.15, 0.2) is 5.11 Å². The fourth-order valence-electron chi connectivity index (χ4n) is 1.94. The second-order valence-corrected chi connectivity index (χ2v) is 5.79. The molecule has 0 saturated heterocycles. The molecule has 0 fully saturated rings.